The van der Waals surface area contributed by atoms with Gasteiger partial charge in [0.05, 0.1) is 16.7 Å². The van der Waals surface area contributed by atoms with Crippen molar-refractivity contribution < 1.29 is 32.4 Å². The second-order valence-corrected chi connectivity index (χ2v) is 7.01. The molecule has 0 atom stereocenters. The molecule has 0 aliphatic carbocycles. The first-order valence-corrected chi connectivity index (χ1v) is 9.51. The number of nitrogens with one attached hydrogen (secondary N) is 1. The maximum absolute atomic E-state index is 12.5. The number of hydrogen-bond acceptors (Lipinski definition) is 6. The van der Waals surface area contributed by atoms with Crippen LogP contribution in [0.2, 0.25) is 0 Å². The summed E-state index contributed by atoms with van der Waals surface area (Å²) >= 11 is 0. The third-order valence-corrected chi connectivity index (χ3v) is 4.20. The first kappa shape index (κ1) is 22.7. The molecular formula is C22H20F2N2O6. The van der Waals surface area contributed by atoms with E-state index in [-0.39, 0.29) is 23.8 Å². The molecule has 3 rings (SSSR count). The fourth-order valence-corrected chi connectivity index (χ4v) is 2.94. The standard InChI is InChI=1S/C22H20F2N2O6/c1-13-5-14(2)7-18(6-13)30-11-17-3-4-20(32-17)22(27)25-15-8-16(26(28)29)10-19(9-15)31-12-21(23)24/h3-10,21H,11-12H2,1-2H3,(H,25,27). The highest BCUT2D eigenvalue weighted by Crippen LogP contribution is 2.27. The van der Waals surface area contributed by atoms with Crippen LogP contribution in [0.4, 0.5) is 20.2 Å². The van der Waals surface area contributed by atoms with Gasteiger partial charge in [-0.2, -0.15) is 0 Å². The van der Waals surface area contributed by atoms with Gasteiger partial charge in [-0.15, -0.1) is 0 Å². The molecule has 32 heavy (non-hydrogen) atoms. The summed E-state index contributed by atoms with van der Waals surface area (Å²) < 4.78 is 40.8. The molecule has 1 amide bonds. The number of benzene rings is 2. The zero-order chi connectivity index (χ0) is 23.3. The lowest BCUT2D eigenvalue weighted by Crippen LogP contribution is -2.12. The number of nitro benzene ring substituents is 1. The summed E-state index contributed by atoms with van der Waals surface area (Å²) in [5, 5.41) is 13.5. The van der Waals surface area contributed by atoms with E-state index in [0.29, 0.717) is 11.5 Å². The van der Waals surface area contributed by atoms with Crippen LogP contribution in [0.1, 0.15) is 27.4 Å². The van der Waals surface area contributed by atoms with E-state index in [0.717, 1.165) is 23.3 Å². The van der Waals surface area contributed by atoms with Gasteiger partial charge in [-0.1, -0.05) is 6.07 Å². The number of nitro groups is 1. The molecule has 1 aromatic heterocycles. The zero-order valence-corrected chi connectivity index (χ0v) is 17.3. The van der Waals surface area contributed by atoms with Crippen LogP contribution in [0.15, 0.2) is 52.9 Å². The van der Waals surface area contributed by atoms with E-state index < -0.39 is 29.6 Å². The number of hydrogen-bond donors (Lipinski definition) is 1. The molecule has 0 saturated heterocycles. The molecule has 0 spiro atoms. The Kier molecular flexibility index (Phi) is 7.04. The van der Waals surface area contributed by atoms with Gasteiger partial charge < -0.3 is 19.2 Å². The van der Waals surface area contributed by atoms with Crippen LogP contribution in [0.5, 0.6) is 11.5 Å². The van der Waals surface area contributed by atoms with Crippen LogP contribution < -0.4 is 14.8 Å². The van der Waals surface area contributed by atoms with Crippen LogP contribution in [0, 0.1) is 24.0 Å². The second-order valence-electron chi connectivity index (χ2n) is 7.01. The average molecular weight is 446 g/mol. The van der Waals surface area contributed by atoms with Crippen molar-refractivity contribution in [3.8, 4) is 11.5 Å². The lowest BCUT2D eigenvalue weighted by atomic mass is 10.1. The number of carbonyl (C=O) groups excluding carboxylic acids is 1. The van der Waals surface area contributed by atoms with Crippen LogP contribution >= 0.6 is 0 Å². The van der Waals surface area contributed by atoms with Crippen LogP contribution in [0.25, 0.3) is 0 Å². The lowest BCUT2D eigenvalue weighted by molar-refractivity contribution is -0.384. The van der Waals surface area contributed by atoms with E-state index in [1.165, 1.54) is 12.1 Å². The average Bonchev–Trinajstić information content (AvgIpc) is 3.19. The Hall–Kier alpha value is -3.95. The monoisotopic (exact) mass is 446 g/mol. The van der Waals surface area contributed by atoms with Crippen molar-refractivity contribution in [3.63, 3.8) is 0 Å². The Labute approximate surface area is 181 Å². The zero-order valence-electron chi connectivity index (χ0n) is 17.3. The SMILES string of the molecule is Cc1cc(C)cc(OCc2ccc(C(=O)Nc3cc(OCC(F)F)cc([N+](=O)[O-])c3)o2)c1. The minimum Gasteiger partial charge on any atom is -0.487 e. The third-order valence-electron chi connectivity index (χ3n) is 4.20. The van der Waals surface area contributed by atoms with Crippen molar-refractivity contribution in [3.05, 3.63) is 81.3 Å². The highest BCUT2D eigenvalue weighted by atomic mass is 19.3. The van der Waals surface area contributed by atoms with Gasteiger partial charge >= 0.3 is 0 Å². The molecule has 0 unspecified atom stereocenters. The first-order valence-electron chi connectivity index (χ1n) is 9.51. The molecule has 0 radical (unpaired) electrons. The van der Waals surface area contributed by atoms with Gasteiger partial charge in [0.1, 0.15) is 30.5 Å². The van der Waals surface area contributed by atoms with E-state index in [1.807, 2.05) is 32.0 Å². The summed E-state index contributed by atoms with van der Waals surface area (Å²) in [6.45, 7) is 3.06. The Bertz CT molecular complexity index is 1110. The van der Waals surface area contributed by atoms with Crippen LogP contribution in [-0.4, -0.2) is 23.9 Å². The number of anilines is 1. The Morgan fingerprint density at radius 2 is 1.75 bits per heavy atom. The molecule has 3 aromatic rings. The molecule has 0 bridgehead atoms. The number of rotatable bonds is 9. The predicted octanol–water partition coefficient (Wildman–Crippen LogP) is 5.28. The minimum atomic E-state index is -2.75. The summed E-state index contributed by atoms with van der Waals surface area (Å²) in [6, 6.07) is 12.1. The van der Waals surface area contributed by atoms with E-state index in [2.05, 4.69) is 5.32 Å². The van der Waals surface area contributed by atoms with Gasteiger partial charge in [-0.25, -0.2) is 8.78 Å². The van der Waals surface area contributed by atoms with Crippen LogP contribution in [-0.2, 0) is 6.61 Å². The molecule has 2 aromatic carbocycles. The molecule has 8 nitrogen and oxygen atoms in total. The molecule has 10 heteroatoms. The fraction of sp³-hybridized carbons (Fsp3) is 0.227. The maximum Gasteiger partial charge on any atom is 0.291 e. The first-order chi connectivity index (χ1) is 15.2. The molecule has 0 saturated carbocycles. The minimum absolute atomic E-state index is 0.00194. The molecular weight excluding hydrogens is 426 g/mol. The fourth-order valence-electron chi connectivity index (χ4n) is 2.94. The van der Waals surface area contributed by atoms with Crippen molar-refractivity contribution in [2.45, 2.75) is 26.9 Å². The number of nitrogens with zero attached hydrogens (tertiary/aromatic N) is 1. The summed E-state index contributed by atoms with van der Waals surface area (Å²) in [7, 11) is 0. The van der Waals surface area contributed by atoms with E-state index in [1.54, 1.807) is 6.07 Å². The quantitative estimate of drug-likeness (QED) is 0.354. The third kappa shape index (κ3) is 6.27. The smallest absolute Gasteiger partial charge is 0.291 e. The van der Waals surface area contributed by atoms with E-state index in [4.69, 9.17) is 13.9 Å². The predicted molar refractivity (Wildman–Crippen MR) is 112 cm³/mol. The van der Waals surface area contributed by atoms with Crippen LogP contribution in [0.3, 0.4) is 0 Å². The Morgan fingerprint density at radius 1 is 1.06 bits per heavy atom. The van der Waals surface area contributed by atoms with Crippen molar-refractivity contribution >= 4 is 17.3 Å². The van der Waals surface area contributed by atoms with E-state index >= 15 is 0 Å². The van der Waals surface area contributed by atoms with Gasteiger partial charge in [-0.3, -0.25) is 14.9 Å². The van der Waals surface area contributed by atoms with Gasteiger partial charge in [0.15, 0.2) is 5.76 Å². The van der Waals surface area contributed by atoms with Gasteiger partial charge in [-0.05, 0) is 49.2 Å². The summed E-state index contributed by atoms with van der Waals surface area (Å²) in [4.78, 5) is 22.8. The maximum atomic E-state index is 12.5. The lowest BCUT2D eigenvalue weighted by Gasteiger charge is -2.09. The number of aryl methyl sites for hydroxylation is 2. The second kappa shape index (κ2) is 9.90. The number of non-ortho nitro benzene ring substituents is 1. The normalized spacial score (nSPS) is 10.8. The van der Waals surface area contributed by atoms with Crippen molar-refractivity contribution in [1.29, 1.82) is 0 Å². The topological polar surface area (TPSA) is 104 Å². The highest BCUT2D eigenvalue weighted by Gasteiger charge is 2.17. The van der Waals surface area contributed by atoms with Crippen molar-refractivity contribution in [1.82, 2.24) is 0 Å². The van der Waals surface area contributed by atoms with Crippen molar-refractivity contribution in [2.75, 3.05) is 11.9 Å². The molecule has 1 N–H and O–H groups in total. The Balaban J connectivity index is 1.68. The van der Waals surface area contributed by atoms with Crippen molar-refractivity contribution in [2.24, 2.45) is 0 Å². The number of alkyl halides is 2. The molecule has 0 aliphatic heterocycles. The highest BCUT2D eigenvalue weighted by molar-refractivity contribution is 6.02. The largest absolute Gasteiger partial charge is 0.487 e. The van der Waals surface area contributed by atoms with E-state index in [9.17, 15) is 23.7 Å². The summed E-state index contributed by atoms with van der Waals surface area (Å²) in [5.74, 6) is 0.164. The summed E-state index contributed by atoms with van der Waals surface area (Å²) in [5.41, 5.74) is 1.67. The van der Waals surface area contributed by atoms with Gasteiger partial charge in [0.25, 0.3) is 18.0 Å². The molecule has 0 fully saturated rings. The van der Waals surface area contributed by atoms with Gasteiger partial charge in [0.2, 0.25) is 0 Å². The number of carbonyl (C=O) groups is 1. The Morgan fingerprint density at radius 3 is 2.41 bits per heavy atom. The number of amides is 1. The number of halogens is 2. The molecule has 0 aliphatic rings. The number of ether oxygens (including phenoxy) is 2. The molecule has 168 valence electrons. The summed E-state index contributed by atoms with van der Waals surface area (Å²) in [6.07, 6.45) is -2.75. The molecule has 1 heterocycles. The number of furan rings is 1. The van der Waals surface area contributed by atoms with Gasteiger partial charge in [0, 0.05) is 12.1 Å².